The van der Waals surface area contributed by atoms with E-state index in [2.05, 4.69) is 16.2 Å². The molecule has 0 unspecified atom stereocenters. The van der Waals surface area contributed by atoms with Crippen molar-refractivity contribution in [2.75, 3.05) is 5.32 Å². The van der Waals surface area contributed by atoms with Gasteiger partial charge in [0.2, 0.25) is 0 Å². The molecule has 24 heavy (non-hydrogen) atoms. The van der Waals surface area contributed by atoms with Gasteiger partial charge < -0.3 is 5.32 Å². The number of aryl methyl sites for hydroxylation is 2. The summed E-state index contributed by atoms with van der Waals surface area (Å²) in [4.78, 5) is 12.2. The largest absolute Gasteiger partial charge is 0.331 e. The van der Waals surface area contributed by atoms with Crippen LogP contribution in [0.1, 0.15) is 34.3 Å². The van der Waals surface area contributed by atoms with Crippen molar-refractivity contribution in [2.24, 2.45) is 0 Å². The van der Waals surface area contributed by atoms with Crippen LogP contribution in [0.4, 0.5) is 10.1 Å². The normalized spacial score (nSPS) is 12.9. The Balaban J connectivity index is 1.55. The van der Waals surface area contributed by atoms with E-state index in [0.717, 1.165) is 12.8 Å². The molecule has 0 saturated heterocycles. The van der Waals surface area contributed by atoms with Gasteiger partial charge in [0.25, 0.3) is 5.91 Å². The van der Waals surface area contributed by atoms with E-state index < -0.39 is 0 Å². The average Bonchev–Trinajstić information content (AvgIpc) is 2.61. The number of hydrazine groups is 1. The molecule has 6 heteroatoms. The van der Waals surface area contributed by atoms with Crippen LogP contribution in [0.2, 0.25) is 0 Å². The van der Waals surface area contributed by atoms with Crippen LogP contribution in [-0.2, 0) is 12.8 Å². The van der Waals surface area contributed by atoms with Crippen LogP contribution in [0, 0.1) is 5.82 Å². The third-order valence-corrected chi connectivity index (χ3v) is 4.21. The van der Waals surface area contributed by atoms with Crippen LogP contribution >= 0.6 is 12.2 Å². The van der Waals surface area contributed by atoms with Gasteiger partial charge in [-0.1, -0.05) is 6.07 Å². The number of amides is 1. The molecular weight excluding hydrogens is 325 g/mol. The number of carbonyl (C=O) groups excluding carboxylic acids is 1. The van der Waals surface area contributed by atoms with Crippen LogP contribution < -0.4 is 16.2 Å². The van der Waals surface area contributed by atoms with Gasteiger partial charge >= 0.3 is 0 Å². The van der Waals surface area contributed by atoms with E-state index >= 15 is 0 Å². The minimum Gasteiger partial charge on any atom is -0.331 e. The van der Waals surface area contributed by atoms with Gasteiger partial charge in [-0.3, -0.25) is 15.6 Å². The van der Waals surface area contributed by atoms with E-state index in [0.29, 0.717) is 11.3 Å². The molecule has 1 aliphatic carbocycles. The minimum absolute atomic E-state index is 0.230. The van der Waals surface area contributed by atoms with Crippen molar-refractivity contribution in [3.8, 4) is 0 Å². The summed E-state index contributed by atoms with van der Waals surface area (Å²) in [5.74, 6) is -0.563. The maximum atomic E-state index is 12.9. The Bertz CT molecular complexity index is 761. The van der Waals surface area contributed by atoms with Crippen molar-refractivity contribution in [3.05, 3.63) is 65.0 Å². The maximum Gasteiger partial charge on any atom is 0.269 e. The van der Waals surface area contributed by atoms with E-state index in [1.54, 1.807) is 12.1 Å². The molecule has 2 aromatic rings. The summed E-state index contributed by atoms with van der Waals surface area (Å²) in [6, 6.07) is 11.6. The third kappa shape index (κ3) is 4.08. The van der Waals surface area contributed by atoms with E-state index in [9.17, 15) is 9.18 Å². The maximum absolute atomic E-state index is 12.9. The summed E-state index contributed by atoms with van der Waals surface area (Å²) in [5.41, 5.74) is 9.05. The molecule has 0 spiro atoms. The molecule has 0 saturated carbocycles. The Morgan fingerprint density at radius 2 is 1.67 bits per heavy atom. The molecule has 0 aromatic heterocycles. The van der Waals surface area contributed by atoms with Crippen molar-refractivity contribution in [2.45, 2.75) is 25.7 Å². The predicted octanol–water partition coefficient (Wildman–Crippen LogP) is 3.34. The fraction of sp³-hybridized carbons (Fsp3) is 0.222. The van der Waals surface area contributed by atoms with Crippen molar-refractivity contribution < 1.29 is 9.18 Å². The molecule has 0 bridgehead atoms. The summed E-state index contributed by atoms with van der Waals surface area (Å²) >= 11 is 5.10. The summed E-state index contributed by atoms with van der Waals surface area (Å²) < 4.78 is 12.9. The summed E-state index contributed by atoms with van der Waals surface area (Å²) in [6.07, 6.45) is 4.49. The number of hydrogen-bond acceptors (Lipinski definition) is 2. The highest BCUT2D eigenvalue weighted by atomic mass is 32.1. The number of anilines is 1. The van der Waals surface area contributed by atoms with Crippen molar-refractivity contribution in [1.29, 1.82) is 0 Å². The zero-order valence-electron chi connectivity index (χ0n) is 13.1. The second-order valence-electron chi connectivity index (χ2n) is 5.73. The van der Waals surface area contributed by atoms with Gasteiger partial charge in [0.05, 0.1) is 0 Å². The van der Waals surface area contributed by atoms with Gasteiger partial charge in [0.1, 0.15) is 5.82 Å². The van der Waals surface area contributed by atoms with Crippen LogP contribution in [0.15, 0.2) is 42.5 Å². The predicted molar refractivity (Wildman–Crippen MR) is 96.3 cm³/mol. The zero-order valence-corrected chi connectivity index (χ0v) is 13.9. The third-order valence-electron chi connectivity index (χ3n) is 4.00. The van der Waals surface area contributed by atoms with Crippen molar-refractivity contribution in [3.63, 3.8) is 0 Å². The Kier molecular flexibility index (Phi) is 5.05. The van der Waals surface area contributed by atoms with Gasteiger partial charge in [0.15, 0.2) is 5.11 Å². The molecule has 0 aliphatic heterocycles. The smallest absolute Gasteiger partial charge is 0.269 e. The lowest BCUT2D eigenvalue weighted by Crippen LogP contribution is -2.43. The second-order valence-corrected chi connectivity index (χ2v) is 6.14. The molecule has 0 fully saturated rings. The molecule has 3 N–H and O–H groups in total. The minimum atomic E-state index is -0.319. The van der Waals surface area contributed by atoms with Crippen LogP contribution in [0.3, 0.4) is 0 Å². The van der Waals surface area contributed by atoms with Crippen LogP contribution in [-0.4, -0.2) is 11.0 Å². The summed E-state index contributed by atoms with van der Waals surface area (Å²) in [7, 11) is 0. The molecule has 1 amide bonds. The van der Waals surface area contributed by atoms with Crippen molar-refractivity contribution >= 4 is 28.9 Å². The Morgan fingerprint density at radius 1 is 0.958 bits per heavy atom. The number of benzene rings is 2. The van der Waals surface area contributed by atoms with Gasteiger partial charge in [0, 0.05) is 11.3 Å². The molecule has 124 valence electrons. The summed E-state index contributed by atoms with van der Waals surface area (Å²) in [6.45, 7) is 0. The number of thiocarbonyl (C=S) groups is 1. The zero-order chi connectivity index (χ0) is 16.9. The highest BCUT2D eigenvalue weighted by molar-refractivity contribution is 7.80. The highest BCUT2D eigenvalue weighted by Gasteiger charge is 2.13. The van der Waals surface area contributed by atoms with Gasteiger partial charge in [-0.25, -0.2) is 4.39 Å². The van der Waals surface area contributed by atoms with Crippen LogP contribution in [0.5, 0.6) is 0 Å². The first-order valence-corrected chi connectivity index (χ1v) is 8.27. The Morgan fingerprint density at radius 3 is 2.42 bits per heavy atom. The molecular formula is C18H18FN3OS. The van der Waals surface area contributed by atoms with Gasteiger partial charge in [-0.2, -0.15) is 0 Å². The quantitative estimate of drug-likeness (QED) is 0.578. The average molecular weight is 343 g/mol. The van der Waals surface area contributed by atoms with Crippen molar-refractivity contribution in [1.82, 2.24) is 10.9 Å². The van der Waals surface area contributed by atoms with E-state index in [-0.39, 0.29) is 16.8 Å². The van der Waals surface area contributed by atoms with E-state index in [1.807, 2.05) is 18.2 Å². The molecule has 1 aliphatic rings. The lowest BCUT2D eigenvalue weighted by Gasteiger charge is -2.17. The summed E-state index contributed by atoms with van der Waals surface area (Å²) in [5, 5.41) is 3.09. The SMILES string of the molecule is O=C(NNC(=S)Nc1ccc(F)cc1)c1ccc2c(c1)CCCC2. The standard InChI is InChI=1S/C18H18FN3OS/c19-15-7-9-16(10-8-15)20-18(24)22-21-17(23)14-6-5-12-3-1-2-4-13(12)11-14/h5-11H,1-4H2,(H,21,23)(H2,20,22,24). The first-order chi connectivity index (χ1) is 11.6. The molecule has 0 heterocycles. The Hall–Kier alpha value is -2.47. The molecule has 4 nitrogen and oxygen atoms in total. The number of nitrogens with one attached hydrogen (secondary N) is 3. The van der Waals surface area contributed by atoms with Crippen LogP contribution in [0.25, 0.3) is 0 Å². The highest BCUT2D eigenvalue weighted by Crippen LogP contribution is 2.22. The Labute approximate surface area is 145 Å². The topological polar surface area (TPSA) is 53.2 Å². The molecule has 0 radical (unpaired) electrons. The number of carbonyl (C=O) groups is 1. The fourth-order valence-corrected chi connectivity index (χ4v) is 2.92. The lowest BCUT2D eigenvalue weighted by molar-refractivity contribution is 0.0944. The molecule has 2 aromatic carbocycles. The molecule has 0 atom stereocenters. The molecule has 3 rings (SSSR count). The van der Waals surface area contributed by atoms with E-state index in [1.165, 1.54) is 36.1 Å². The van der Waals surface area contributed by atoms with Gasteiger partial charge in [-0.15, -0.1) is 0 Å². The fourth-order valence-electron chi connectivity index (χ4n) is 2.76. The first-order valence-electron chi connectivity index (χ1n) is 7.86. The number of fused-ring (bicyclic) bond motifs is 1. The van der Waals surface area contributed by atoms with Gasteiger partial charge in [-0.05, 0) is 85.4 Å². The number of rotatable bonds is 2. The first kappa shape index (κ1) is 16.4. The monoisotopic (exact) mass is 343 g/mol. The van der Waals surface area contributed by atoms with E-state index in [4.69, 9.17) is 12.2 Å². The number of halogens is 1. The second kappa shape index (κ2) is 7.40. The lowest BCUT2D eigenvalue weighted by atomic mass is 9.90. The number of hydrogen-bond donors (Lipinski definition) is 3.